The Bertz CT molecular complexity index is 787. The Kier molecular flexibility index (Phi) is 6.44. The van der Waals surface area contributed by atoms with Crippen LogP contribution in [0.15, 0.2) is 54.9 Å². The lowest BCUT2D eigenvalue weighted by molar-refractivity contribution is -0.645. The first-order chi connectivity index (χ1) is 11.2. The fourth-order valence-electron chi connectivity index (χ4n) is 2.63. The molecule has 5 nitrogen and oxygen atoms in total. The number of fused-ring (bicyclic) bond motifs is 1. The fourth-order valence-corrected chi connectivity index (χ4v) is 2.63. The molecule has 3 rings (SSSR count). The first kappa shape index (κ1) is 18.5. The van der Waals surface area contributed by atoms with Crippen molar-refractivity contribution >= 4 is 11.0 Å². The normalized spacial score (nSPS) is 11.8. The summed E-state index contributed by atoms with van der Waals surface area (Å²) in [4.78, 5) is 0. The van der Waals surface area contributed by atoms with Gasteiger partial charge in [-0.1, -0.05) is 12.1 Å². The summed E-state index contributed by atoms with van der Waals surface area (Å²) in [7, 11) is 3.63. The summed E-state index contributed by atoms with van der Waals surface area (Å²) in [6.07, 6.45) is 1.40. The number of rotatable bonds is 6. The van der Waals surface area contributed by atoms with Crippen molar-refractivity contribution in [3.05, 3.63) is 54.9 Å². The van der Waals surface area contributed by atoms with Crippen molar-refractivity contribution in [2.75, 3.05) is 13.7 Å². The zero-order valence-electron chi connectivity index (χ0n) is 13.7. The number of nitrogens with zero attached hydrogens (tertiary/aromatic N) is 2. The van der Waals surface area contributed by atoms with E-state index < -0.39 is 6.10 Å². The molecule has 0 fully saturated rings. The van der Waals surface area contributed by atoms with E-state index in [1.54, 1.807) is 7.11 Å². The SMILES string of the molecule is COc1ccc(OCC(O)Cn2c[n+](C)c3ccccc32)cc1.[I-]. The minimum absolute atomic E-state index is 0. The third-order valence-corrected chi connectivity index (χ3v) is 3.79. The van der Waals surface area contributed by atoms with Gasteiger partial charge in [0, 0.05) is 0 Å². The van der Waals surface area contributed by atoms with Crippen molar-refractivity contribution in [3.8, 4) is 11.5 Å². The Balaban J connectivity index is 0.00000208. The highest BCUT2D eigenvalue weighted by molar-refractivity contribution is 5.71. The molecule has 1 aromatic heterocycles. The number of aromatic nitrogens is 2. The maximum atomic E-state index is 10.3. The van der Waals surface area contributed by atoms with Crippen LogP contribution in [0.5, 0.6) is 11.5 Å². The number of methoxy groups -OCH3 is 1. The zero-order valence-corrected chi connectivity index (χ0v) is 15.9. The number of aliphatic hydroxyl groups is 1. The van der Waals surface area contributed by atoms with Crippen LogP contribution < -0.4 is 38.0 Å². The second-order valence-electron chi connectivity index (χ2n) is 5.51. The van der Waals surface area contributed by atoms with E-state index in [0.29, 0.717) is 12.3 Å². The quantitative estimate of drug-likeness (QED) is 0.392. The number of benzene rings is 2. The molecular weight excluding hydrogens is 419 g/mol. The molecule has 2 aromatic carbocycles. The minimum atomic E-state index is -0.590. The molecule has 0 bridgehead atoms. The average molecular weight is 440 g/mol. The van der Waals surface area contributed by atoms with Gasteiger partial charge in [0.1, 0.15) is 30.8 Å². The lowest BCUT2D eigenvalue weighted by Crippen LogP contribution is -3.00. The van der Waals surface area contributed by atoms with Crippen molar-refractivity contribution in [1.29, 1.82) is 0 Å². The van der Waals surface area contributed by atoms with Crippen LogP contribution in [0.2, 0.25) is 0 Å². The lowest BCUT2D eigenvalue weighted by Gasteiger charge is -2.11. The second-order valence-corrected chi connectivity index (χ2v) is 5.51. The molecule has 0 saturated carbocycles. The van der Waals surface area contributed by atoms with Crippen LogP contribution in [-0.2, 0) is 13.6 Å². The van der Waals surface area contributed by atoms with Crippen LogP contribution in [-0.4, -0.2) is 29.5 Å². The predicted molar refractivity (Wildman–Crippen MR) is 87.6 cm³/mol. The molecule has 3 aromatic rings. The lowest BCUT2D eigenvalue weighted by atomic mass is 10.3. The zero-order chi connectivity index (χ0) is 16.2. The van der Waals surface area contributed by atoms with E-state index in [2.05, 4.69) is 6.07 Å². The summed E-state index contributed by atoms with van der Waals surface area (Å²) >= 11 is 0. The summed E-state index contributed by atoms with van der Waals surface area (Å²) in [5.74, 6) is 1.50. The predicted octanol–water partition coefficient (Wildman–Crippen LogP) is -1.08. The summed E-state index contributed by atoms with van der Waals surface area (Å²) in [5, 5.41) is 10.3. The standard InChI is InChI=1S/C18H21N2O3.HI/c1-19-13-20(18-6-4-3-5-17(18)19)11-14(21)12-23-16-9-7-15(22-2)8-10-16;/h3-10,13-14,21H,11-12H2,1-2H3;1H/q+1;/p-1. The number of hydrogen-bond donors (Lipinski definition) is 1. The third-order valence-electron chi connectivity index (χ3n) is 3.79. The van der Waals surface area contributed by atoms with E-state index >= 15 is 0 Å². The number of ether oxygens (including phenoxy) is 2. The maximum absolute atomic E-state index is 10.3. The van der Waals surface area contributed by atoms with E-state index in [0.717, 1.165) is 16.8 Å². The smallest absolute Gasteiger partial charge is 0.244 e. The van der Waals surface area contributed by atoms with Crippen molar-refractivity contribution < 1.29 is 43.1 Å². The number of halogens is 1. The largest absolute Gasteiger partial charge is 1.00 e. The van der Waals surface area contributed by atoms with Gasteiger partial charge in [0.25, 0.3) is 0 Å². The maximum Gasteiger partial charge on any atom is 0.244 e. The Morgan fingerprint density at radius 1 is 1.08 bits per heavy atom. The highest BCUT2D eigenvalue weighted by Gasteiger charge is 2.16. The number of aliphatic hydroxyl groups excluding tert-OH is 1. The molecule has 0 spiro atoms. The van der Waals surface area contributed by atoms with Crippen molar-refractivity contribution in [2.45, 2.75) is 12.6 Å². The molecule has 0 saturated heterocycles. The number of imidazole rings is 1. The molecule has 1 unspecified atom stereocenters. The molecule has 0 aliphatic rings. The molecule has 0 aliphatic carbocycles. The average Bonchev–Trinajstić information content (AvgIpc) is 2.90. The van der Waals surface area contributed by atoms with E-state index in [9.17, 15) is 5.11 Å². The summed E-state index contributed by atoms with van der Waals surface area (Å²) in [6, 6.07) is 15.4. The van der Waals surface area contributed by atoms with Crippen molar-refractivity contribution in [2.24, 2.45) is 7.05 Å². The molecule has 6 heteroatoms. The topological polar surface area (TPSA) is 47.5 Å². The molecular formula is C18H21IN2O3. The fraction of sp³-hybridized carbons (Fsp3) is 0.278. The second kappa shape index (κ2) is 8.34. The van der Waals surface area contributed by atoms with Gasteiger partial charge in [-0.3, -0.25) is 0 Å². The van der Waals surface area contributed by atoms with Crippen LogP contribution in [0.4, 0.5) is 0 Å². The minimum Gasteiger partial charge on any atom is -1.00 e. The Labute approximate surface area is 158 Å². The number of hydrogen-bond acceptors (Lipinski definition) is 3. The molecule has 1 heterocycles. The van der Waals surface area contributed by atoms with Gasteiger partial charge in [0.05, 0.1) is 14.2 Å². The molecule has 0 aliphatic heterocycles. The van der Waals surface area contributed by atoms with Gasteiger partial charge < -0.3 is 38.6 Å². The molecule has 0 amide bonds. The van der Waals surface area contributed by atoms with Gasteiger partial charge in [-0.2, -0.15) is 0 Å². The van der Waals surface area contributed by atoms with Gasteiger partial charge in [0.2, 0.25) is 6.33 Å². The first-order valence-electron chi connectivity index (χ1n) is 7.56. The highest BCUT2D eigenvalue weighted by Crippen LogP contribution is 2.17. The van der Waals surface area contributed by atoms with E-state index in [-0.39, 0.29) is 30.6 Å². The van der Waals surface area contributed by atoms with Gasteiger partial charge >= 0.3 is 0 Å². The number of aryl methyl sites for hydroxylation is 1. The van der Waals surface area contributed by atoms with Crippen LogP contribution in [0.25, 0.3) is 11.0 Å². The molecule has 1 N–H and O–H groups in total. The molecule has 128 valence electrons. The van der Waals surface area contributed by atoms with Gasteiger partial charge in [0.15, 0.2) is 11.0 Å². The van der Waals surface area contributed by atoms with Crippen molar-refractivity contribution in [1.82, 2.24) is 4.57 Å². The monoisotopic (exact) mass is 440 g/mol. The van der Waals surface area contributed by atoms with E-state index in [1.807, 2.05) is 65.0 Å². The van der Waals surface area contributed by atoms with Crippen molar-refractivity contribution in [3.63, 3.8) is 0 Å². The first-order valence-corrected chi connectivity index (χ1v) is 7.56. The summed E-state index contributed by atoms with van der Waals surface area (Å²) < 4.78 is 14.8. The van der Waals surface area contributed by atoms with Crippen LogP contribution in [0, 0.1) is 0 Å². The Hall–Kier alpha value is -1.80. The molecule has 24 heavy (non-hydrogen) atoms. The Morgan fingerprint density at radius 3 is 2.46 bits per heavy atom. The summed E-state index contributed by atoms with van der Waals surface area (Å²) in [5.41, 5.74) is 2.23. The van der Waals surface area contributed by atoms with Crippen LogP contribution in [0.3, 0.4) is 0 Å². The Morgan fingerprint density at radius 2 is 1.75 bits per heavy atom. The number of para-hydroxylation sites is 2. The third kappa shape index (κ3) is 4.18. The van der Waals surface area contributed by atoms with Crippen LogP contribution in [0.1, 0.15) is 0 Å². The molecule has 1 atom stereocenters. The van der Waals surface area contributed by atoms with Gasteiger partial charge in [-0.05, 0) is 36.4 Å². The highest BCUT2D eigenvalue weighted by atomic mass is 127. The molecule has 0 radical (unpaired) electrons. The summed E-state index contributed by atoms with van der Waals surface area (Å²) in [6.45, 7) is 0.722. The van der Waals surface area contributed by atoms with E-state index in [4.69, 9.17) is 9.47 Å². The van der Waals surface area contributed by atoms with Gasteiger partial charge in [-0.25, -0.2) is 9.13 Å². The van der Waals surface area contributed by atoms with Gasteiger partial charge in [-0.15, -0.1) is 0 Å². The van der Waals surface area contributed by atoms with E-state index in [1.165, 1.54) is 0 Å². The van der Waals surface area contributed by atoms with Crippen LogP contribution >= 0.6 is 0 Å².